The first-order valence-corrected chi connectivity index (χ1v) is 9.46. The van der Waals surface area contributed by atoms with Crippen LogP contribution in [0.5, 0.6) is 11.5 Å². The van der Waals surface area contributed by atoms with E-state index in [2.05, 4.69) is 5.32 Å². The first-order chi connectivity index (χ1) is 13.4. The van der Waals surface area contributed by atoms with Gasteiger partial charge in [0.25, 0.3) is 5.69 Å². The van der Waals surface area contributed by atoms with Crippen LogP contribution in [0.1, 0.15) is 35.6 Å². The van der Waals surface area contributed by atoms with Crippen molar-refractivity contribution in [2.45, 2.75) is 18.9 Å². The highest BCUT2D eigenvalue weighted by Crippen LogP contribution is 2.50. The zero-order valence-corrected chi connectivity index (χ0v) is 16.8. The van der Waals surface area contributed by atoms with Gasteiger partial charge in [-0.25, -0.2) is 0 Å². The molecule has 6 nitrogen and oxygen atoms in total. The molecule has 0 spiro atoms. The lowest BCUT2D eigenvalue weighted by Gasteiger charge is -2.26. The van der Waals surface area contributed by atoms with Crippen LogP contribution < -0.4 is 14.8 Å². The number of benzene rings is 2. The predicted octanol–water partition coefficient (Wildman–Crippen LogP) is 4.83. The number of halogens is 1. The molecular weight excluding hydrogens is 400 g/mol. The van der Waals surface area contributed by atoms with E-state index in [1.54, 1.807) is 26.4 Å². The molecule has 1 saturated heterocycles. The van der Waals surface area contributed by atoms with Crippen molar-refractivity contribution in [3.05, 3.63) is 67.7 Å². The van der Waals surface area contributed by atoms with Gasteiger partial charge in [0.2, 0.25) is 0 Å². The number of nitro benzene ring substituents is 1. The Morgan fingerprint density at radius 2 is 1.89 bits per heavy atom. The summed E-state index contributed by atoms with van der Waals surface area (Å²) < 4.78 is 11.0. The van der Waals surface area contributed by atoms with Gasteiger partial charge in [0.15, 0.2) is 11.5 Å². The molecule has 1 N–H and O–H groups in total. The maximum Gasteiger partial charge on any atom is 0.287 e. The summed E-state index contributed by atoms with van der Waals surface area (Å²) >= 11 is 11.6. The monoisotopic (exact) mass is 416 g/mol. The molecule has 2 aromatic carbocycles. The van der Waals surface area contributed by atoms with Crippen molar-refractivity contribution in [3.63, 3.8) is 0 Å². The smallest absolute Gasteiger partial charge is 0.287 e. The molecule has 2 aromatic rings. The molecule has 8 heteroatoms. The normalized spacial score (nSPS) is 17.7. The Morgan fingerprint density at radius 3 is 2.54 bits per heavy atom. The highest BCUT2D eigenvalue weighted by Gasteiger charge is 2.36. The van der Waals surface area contributed by atoms with Crippen molar-refractivity contribution in [1.82, 2.24) is 5.32 Å². The van der Waals surface area contributed by atoms with E-state index in [0.29, 0.717) is 11.5 Å². The lowest BCUT2D eigenvalue weighted by Crippen LogP contribution is -2.31. The van der Waals surface area contributed by atoms with E-state index < -0.39 is 4.92 Å². The number of nitrogens with one attached hydrogen (secondary N) is 1. The molecule has 1 aliphatic carbocycles. The van der Waals surface area contributed by atoms with Crippen LogP contribution in [0.2, 0.25) is 5.02 Å². The maximum absolute atomic E-state index is 11.1. The first-order valence-electron chi connectivity index (χ1n) is 8.67. The van der Waals surface area contributed by atoms with Gasteiger partial charge in [-0.15, -0.1) is 0 Å². The zero-order chi connectivity index (χ0) is 20.0. The third-order valence-corrected chi connectivity index (χ3v) is 5.79. The molecule has 0 bridgehead atoms. The van der Waals surface area contributed by atoms with Crippen molar-refractivity contribution in [1.29, 1.82) is 0 Å². The Labute approximate surface area is 172 Å². The van der Waals surface area contributed by atoms with Gasteiger partial charge in [0.1, 0.15) is 5.02 Å². The van der Waals surface area contributed by atoms with Gasteiger partial charge in [-0.3, -0.25) is 10.1 Å². The molecule has 1 atom stereocenters. The summed E-state index contributed by atoms with van der Waals surface area (Å²) in [5.74, 6) is 1.26. The Kier molecular flexibility index (Phi) is 4.72. The number of methoxy groups -OCH3 is 2. The molecule has 0 saturated carbocycles. The summed E-state index contributed by atoms with van der Waals surface area (Å²) in [5.41, 5.74) is 4.94. The second kappa shape index (κ2) is 7.07. The third-order valence-electron chi connectivity index (χ3n) is 5.17. The third kappa shape index (κ3) is 2.91. The molecule has 28 heavy (non-hydrogen) atoms. The number of piperidine rings is 1. The van der Waals surface area contributed by atoms with Gasteiger partial charge in [0, 0.05) is 12.5 Å². The number of nitrogens with zero attached hydrogens (tertiary/aromatic N) is 1. The predicted molar refractivity (Wildman–Crippen MR) is 111 cm³/mol. The molecule has 0 radical (unpaired) electrons. The van der Waals surface area contributed by atoms with Crippen LogP contribution in [-0.4, -0.2) is 24.1 Å². The topological polar surface area (TPSA) is 73.6 Å². The van der Waals surface area contributed by atoms with Gasteiger partial charge in [0.05, 0.1) is 30.2 Å². The fraction of sp³-hybridized carbons (Fsp3) is 0.250. The van der Waals surface area contributed by atoms with Crippen molar-refractivity contribution < 1.29 is 14.4 Å². The van der Waals surface area contributed by atoms with Crippen LogP contribution in [0.4, 0.5) is 5.69 Å². The second-order valence-electron chi connectivity index (χ2n) is 6.62. The number of ether oxygens (including phenoxy) is 2. The summed E-state index contributed by atoms with van der Waals surface area (Å²) in [6, 6.07) is 8.68. The van der Waals surface area contributed by atoms with E-state index in [-0.39, 0.29) is 16.8 Å². The number of thiocarbonyl (C=S) groups is 1. The average Bonchev–Trinajstić information content (AvgIpc) is 2.98. The number of fused-ring (bicyclic) bond motifs is 3. The van der Waals surface area contributed by atoms with Crippen molar-refractivity contribution in [3.8, 4) is 11.5 Å². The summed E-state index contributed by atoms with van der Waals surface area (Å²) in [5, 5.41) is 14.6. The fourth-order valence-corrected chi connectivity index (χ4v) is 4.39. The minimum Gasteiger partial charge on any atom is -0.493 e. The number of hydrogen-bond donors (Lipinski definition) is 1. The van der Waals surface area contributed by atoms with Crippen LogP contribution >= 0.6 is 23.8 Å². The first kappa shape index (κ1) is 18.7. The largest absolute Gasteiger partial charge is 0.493 e. The van der Waals surface area contributed by atoms with E-state index >= 15 is 0 Å². The van der Waals surface area contributed by atoms with Crippen molar-refractivity contribution in [2.75, 3.05) is 14.2 Å². The van der Waals surface area contributed by atoms with Gasteiger partial charge in [-0.1, -0.05) is 23.8 Å². The minimum atomic E-state index is -0.482. The molecule has 144 valence electrons. The standard InChI is InChI=1S/C20H17ClN2O4S/c1-26-16-8-12-13(9-17(16)27-2)20-11(4-6-18(28)22-20)19(12)10-3-5-15(23(24)25)14(21)7-10/h3,5,7-9,20H,4,6H2,1-2H3,(H,22,28). The maximum atomic E-state index is 11.1. The Bertz CT molecular complexity index is 1050. The average molecular weight is 417 g/mol. The van der Waals surface area contributed by atoms with Gasteiger partial charge in [-0.2, -0.15) is 0 Å². The molecular formula is C20H17ClN2O4S. The zero-order valence-electron chi connectivity index (χ0n) is 15.2. The van der Waals surface area contributed by atoms with Gasteiger partial charge in [-0.05, 0) is 58.5 Å². The SMILES string of the molecule is COc1cc2c(cc1OC)C1NC(=S)CCC1=C2c1ccc([N+](=O)[O-])c(Cl)c1. The lowest BCUT2D eigenvalue weighted by molar-refractivity contribution is -0.384. The summed E-state index contributed by atoms with van der Waals surface area (Å²) in [4.78, 5) is 11.5. The Balaban J connectivity index is 1.93. The van der Waals surface area contributed by atoms with Crippen LogP contribution in [0.15, 0.2) is 35.9 Å². The molecule has 4 rings (SSSR count). The highest BCUT2D eigenvalue weighted by molar-refractivity contribution is 7.80. The molecule has 1 aliphatic heterocycles. The van der Waals surface area contributed by atoms with E-state index in [1.165, 1.54) is 11.6 Å². The molecule has 2 aliphatic rings. The molecule has 0 amide bonds. The Hall–Kier alpha value is -2.64. The molecule has 0 aromatic heterocycles. The molecule has 1 unspecified atom stereocenters. The van der Waals surface area contributed by atoms with Crippen LogP contribution in [-0.2, 0) is 0 Å². The number of rotatable bonds is 4. The van der Waals surface area contributed by atoms with Gasteiger partial charge >= 0.3 is 0 Å². The van der Waals surface area contributed by atoms with Crippen molar-refractivity contribution >= 4 is 40.1 Å². The number of hydrogen-bond acceptors (Lipinski definition) is 5. The van der Waals surface area contributed by atoms with Crippen LogP contribution in [0.3, 0.4) is 0 Å². The minimum absolute atomic E-state index is 0.0555. The molecule has 1 fully saturated rings. The van der Waals surface area contributed by atoms with E-state index in [9.17, 15) is 10.1 Å². The van der Waals surface area contributed by atoms with Crippen molar-refractivity contribution in [2.24, 2.45) is 0 Å². The lowest BCUT2D eigenvalue weighted by atomic mass is 9.93. The van der Waals surface area contributed by atoms with E-state index in [0.717, 1.165) is 40.1 Å². The van der Waals surface area contributed by atoms with Crippen LogP contribution in [0.25, 0.3) is 5.57 Å². The van der Waals surface area contributed by atoms with E-state index in [1.807, 2.05) is 12.1 Å². The Morgan fingerprint density at radius 1 is 1.18 bits per heavy atom. The number of nitro groups is 1. The summed E-state index contributed by atoms with van der Waals surface area (Å²) in [6.07, 6.45) is 1.56. The summed E-state index contributed by atoms with van der Waals surface area (Å²) in [7, 11) is 3.19. The quantitative estimate of drug-likeness (QED) is 0.437. The summed E-state index contributed by atoms with van der Waals surface area (Å²) in [6.45, 7) is 0. The second-order valence-corrected chi connectivity index (χ2v) is 7.52. The van der Waals surface area contributed by atoms with E-state index in [4.69, 9.17) is 33.3 Å². The molecule has 1 heterocycles. The van der Waals surface area contributed by atoms with Crippen LogP contribution in [0, 0.1) is 10.1 Å². The highest BCUT2D eigenvalue weighted by atomic mass is 35.5. The van der Waals surface area contributed by atoms with Gasteiger partial charge < -0.3 is 14.8 Å². The fourth-order valence-electron chi connectivity index (χ4n) is 3.92.